The van der Waals surface area contributed by atoms with Gasteiger partial charge in [0.05, 0.1) is 5.69 Å². The third-order valence-electron chi connectivity index (χ3n) is 2.95. The highest BCUT2D eigenvalue weighted by atomic mass is 35.5. The molecule has 0 aliphatic heterocycles. The van der Waals surface area contributed by atoms with E-state index in [1.807, 2.05) is 26.0 Å². The van der Waals surface area contributed by atoms with E-state index in [-0.39, 0.29) is 5.91 Å². The van der Waals surface area contributed by atoms with Crippen molar-refractivity contribution in [2.45, 2.75) is 20.5 Å². The smallest absolute Gasteiger partial charge is 0.263 e. The summed E-state index contributed by atoms with van der Waals surface area (Å²) in [5.74, 6) is 0.593. The summed E-state index contributed by atoms with van der Waals surface area (Å²) in [6.07, 6.45) is 1.64. The van der Waals surface area contributed by atoms with Crippen molar-refractivity contribution in [3.05, 3.63) is 57.0 Å². The largest absolute Gasteiger partial charge is 0.486 e. The lowest BCUT2D eigenvalue weighted by molar-refractivity contribution is 0.0961. The van der Waals surface area contributed by atoms with Gasteiger partial charge in [-0.15, -0.1) is 17.9 Å². The van der Waals surface area contributed by atoms with E-state index in [0.717, 1.165) is 16.3 Å². The molecule has 22 heavy (non-hydrogen) atoms. The molecule has 0 saturated heterocycles. The Labute approximate surface area is 138 Å². The number of halogens is 1. The van der Waals surface area contributed by atoms with E-state index >= 15 is 0 Å². The Morgan fingerprint density at radius 3 is 2.95 bits per heavy atom. The predicted molar refractivity (Wildman–Crippen MR) is 89.9 cm³/mol. The van der Waals surface area contributed by atoms with Gasteiger partial charge in [0.25, 0.3) is 5.91 Å². The number of aryl methyl sites for hydroxylation is 2. The Morgan fingerprint density at radius 1 is 1.50 bits per heavy atom. The highest BCUT2D eigenvalue weighted by molar-refractivity contribution is 7.13. The number of nitrogens with one attached hydrogen (secondary N) is 1. The van der Waals surface area contributed by atoms with E-state index in [9.17, 15) is 4.79 Å². The number of carbonyl (C=O) groups is 1. The molecule has 1 aromatic heterocycles. The Bertz CT molecular complexity index is 697. The first-order valence-corrected chi connectivity index (χ1v) is 7.95. The third kappa shape index (κ3) is 4.08. The van der Waals surface area contributed by atoms with Crippen LogP contribution < -0.4 is 10.1 Å². The molecule has 1 N–H and O–H groups in total. The van der Waals surface area contributed by atoms with Crippen LogP contribution in [0, 0.1) is 13.8 Å². The number of aromatic nitrogens is 1. The minimum absolute atomic E-state index is 0.136. The van der Waals surface area contributed by atoms with Gasteiger partial charge in [0.15, 0.2) is 0 Å². The third-order valence-corrected chi connectivity index (χ3v) is 4.50. The van der Waals surface area contributed by atoms with Crippen LogP contribution in [0.4, 0.5) is 0 Å². The summed E-state index contributed by atoms with van der Waals surface area (Å²) in [5, 5.41) is 4.21. The standard InChI is InChI=1S/C16H17ClN2O2S/c1-4-7-18-16(20)15-11(3)19-14(22-15)9-21-12-5-6-13(17)10(2)8-12/h4-6,8H,1,7,9H2,2-3H3,(H,18,20). The fraction of sp³-hybridized carbons (Fsp3) is 0.250. The van der Waals surface area contributed by atoms with Crippen LogP contribution in [-0.4, -0.2) is 17.4 Å². The van der Waals surface area contributed by atoms with E-state index in [0.29, 0.717) is 28.7 Å². The zero-order valence-electron chi connectivity index (χ0n) is 12.5. The zero-order chi connectivity index (χ0) is 16.1. The van der Waals surface area contributed by atoms with Gasteiger partial charge in [-0.1, -0.05) is 17.7 Å². The van der Waals surface area contributed by atoms with Gasteiger partial charge in [-0.25, -0.2) is 4.98 Å². The molecule has 0 aliphatic rings. The van der Waals surface area contributed by atoms with E-state index in [1.165, 1.54) is 11.3 Å². The summed E-state index contributed by atoms with van der Waals surface area (Å²) in [6.45, 7) is 8.07. The molecule has 0 saturated carbocycles. The molecular formula is C16H17ClN2O2S. The monoisotopic (exact) mass is 336 g/mol. The minimum atomic E-state index is -0.136. The van der Waals surface area contributed by atoms with E-state index in [4.69, 9.17) is 16.3 Å². The molecule has 1 aromatic carbocycles. The van der Waals surface area contributed by atoms with Gasteiger partial charge in [0.2, 0.25) is 0 Å². The lowest BCUT2D eigenvalue weighted by Crippen LogP contribution is -2.22. The summed E-state index contributed by atoms with van der Waals surface area (Å²) in [7, 11) is 0. The molecule has 116 valence electrons. The summed E-state index contributed by atoms with van der Waals surface area (Å²) < 4.78 is 5.70. The second-order valence-corrected chi connectivity index (χ2v) is 6.21. The number of carbonyl (C=O) groups excluding carboxylic acids is 1. The average Bonchev–Trinajstić information content (AvgIpc) is 2.87. The maximum absolute atomic E-state index is 12.0. The van der Waals surface area contributed by atoms with Crippen molar-refractivity contribution in [1.29, 1.82) is 0 Å². The van der Waals surface area contributed by atoms with Crippen molar-refractivity contribution in [3.63, 3.8) is 0 Å². The molecule has 1 heterocycles. The normalized spacial score (nSPS) is 10.3. The van der Waals surface area contributed by atoms with E-state index < -0.39 is 0 Å². The molecule has 0 radical (unpaired) electrons. The molecule has 0 atom stereocenters. The molecule has 6 heteroatoms. The van der Waals surface area contributed by atoms with Gasteiger partial charge in [-0.2, -0.15) is 0 Å². The highest BCUT2D eigenvalue weighted by Gasteiger charge is 2.15. The number of nitrogens with zero attached hydrogens (tertiary/aromatic N) is 1. The first-order valence-electron chi connectivity index (χ1n) is 6.75. The van der Waals surface area contributed by atoms with Crippen LogP contribution in [0.2, 0.25) is 5.02 Å². The van der Waals surface area contributed by atoms with E-state index in [1.54, 1.807) is 12.1 Å². The van der Waals surface area contributed by atoms with Crippen molar-refractivity contribution in [3.8, 4) is 5.75 Å². The molecule has 2 aromatic rings. The first kappa shape index (κ1) is 16.5. The number of hydrogen-bond acceptors (Lipinski definition) is 4. The Kier molecular flexibility index (Phi) is 5.57. The van der Waals surface area contributed by atoms with Crippen LogP contribution in [0.25, 0.3) is 0 Å². The van der Waals surface area contributed by atoms with Gasteiger partial charge in [-0.3, -0.25) is 4.79 Å². The van der Waals surface area contributed by atoms with Gasteiger partial charge in [-0.05, 0) is 37.6 Å². The molecule has 0 spiro atoms. The van der Waals surface area contributed by atoms with Gasteiger partial charge in [0.1, 0.15) is 22.2 Å². The lowest BCUT2D eigenvalue weighted by atomic mass is 10.2. The van der Waals surface area contributed by atoms with Crippen LogP contribution in [0.3, 0.4) is 0 Å². The Hall–Kier alpha value is -1.85. The van der Waals surface area contributed by atoms with Crippen molar-refractivity contribution in [2.24, 2.45) is 0 Å². The van der Waals surface area contributed by atoms with Crippen LogP contribution in [0.1, 0.15) is 25.9 Å². The number of hydrogen-bond donors (Lipinski definition) is 1. The van der Waals surface area contributed by atoms with Gasteiger partial charge < -0.3 is 10.1 Å². The summed E-state index contributed by atoms with van der Waals surface area (Å²) in [4.78, 5) is 16.9. The quantitative estimate of drug-likeness (QED) is 0.814. The maximum atomic E-state index is 12.0. The lowest BCUT2D eigenvalue weighted by Gasteiger charge is -2.05. The van der Waals surface area contributed by atoms with Crippen LogP contribution in [0.5, 0.6) is 5.75 Å². The molecule has 0 fully saturated rings. The molecule has 2 rings (SSSR count). The second-order valence-electron chi connectivity index (χ2n) is 4.72. The van der Waals surface area contributed by atoms with Gasteiger partial charge in [0, 0.05) is 11.6 Å². The molecule has 1 amide bonds. The van der Waals surface area contributed by atoms with E-state index in [2.05, 4.69) is 16.9 Å². The van der Waals surface area contributed by atoms with Gasteiger partial charge >= 0.3 is 0 Å². The predicted octanol–water partition coefficient (Wildman–Crippen LogP) is 3.91. The maximum Gasteiger partial charge on any atom is 0.263 e. The summed E-state index contributed by atoms with van der Waals surface area (Å²) >= 11 is 7.32. The fourth-order valence-electron chi connectivity index (χ4n) is 1.82. The van der Waals surface area contributed by atoms with Crippen LogP contribution in [0.15, 0.2) is 30.9 Å². The Morgan fingerprint density at radius 2 is 2.27 bits per heavy atom. The van der Waals surface area contributed by atoms with Crippen LogP contribution in [-0.2, 0) is 6.61 Å². The molecule has 0 aliphatic carbocycles. The Balaban J connectivity index is 2.03. The SMILES string of the molecule is C=CCNC(=O)c1sc(COc2ccc(Cl)c(C)c2)nc1C. The molecule has 0 unspecified atom stereocenters. The van der Waals surface area contributed by atoms with Crippen molar-refractivity contribution in [2.75, 3.05) is 6.54 Å². The van der Waals surface area contributed by atoms with Crippen molar-refractivity contribution >= 4 is 28.8 Å². The van der Waals surface area contributed by atoms with Crippen LogP contribution >= 0.6 is 22.9 Å². The minimum Gasteiger partial charge on any atom is -0.486 e. The summed E-state index contributed by atoms with van der Waals surface area (Å²) in [5.41, 5.74) is 1.66. The number of ether oxygens (including phenoxy) is 1. The highest BCUT2D eigenvalue weighted by Crippen LogP contribution is 2.23. The molecule has 4 nitrogen and oxygen atoms in total. The number of thiazole rings is 1. The second kappa shape index (κ2) is 7.42. The van der Waals surface area contributed by atoms with Crippen molar-refractivity contribution < 1.29 is 9.53 Å². The fourth-order valence-corrected chi connectivity index (χ4v) is 2.83. The summed E-state index contributed by atoms with van der Waals surface area (Å²) in [6, 6.07) is 5.49. The number of rotatable bonds is 6. The average molecular weight is 337 g/mol. The first-order chi connectivity index (χ1) is 10.5. The van der Waals surface area contributed by atoms with Crippen molar-refractivity contribution in [1.82, 2.24) is 10.3 Å². The molecular weight excluding hydrogens is 320 g/mol. The topological polar surface area (TPSA) is 51.2 Å². The zero-order valence-corrected chi connectivity index (χ0v) is 14.1. The number of amides is 1. The molecule has 0 bridgehead atoms. The number of benzene rings is 1.